The SMILES string of the molecule is CCC(=O)N1CC[C@H](Nc2ncnc3c2nc(-c2cnn(CC)c2C)n3CC(F)(F)F)C1. The molecule has 1 saturated heterocycles. The Labute approximate surface area is 182 Å². The Bertz CT molecular complexity index is 1140. The van der Waals surface area contributed by atoms with Gasteiger partial charge in [0.1, 0.15) is 18.7 Å². The van der Waals surface area contributed by atoms with Crippen molar-refractivity contribution in [2.24, 2.45) is 0 Å². The first-order chi connectivity index (χ1) is 15.2. The van der Waals surface area contributed by atoms with Gasteiger partial charge in [0, 0.05) is 37.8 Å². The smallest absolute Gasteiger partial charge is 0.364 e. The lowest BCUT2D eigenvalue weighted by atomic mass is 10.2. The average Bonchev–Trinajstić information content (AvgIpc) is 3.45. The number of fused-ring (bicyclic) bond motifs is 1. The largest absolute Gasteiger partial charge is 0.406 e. The molecule has 32 heavy (non-hydrogen) atoms. The number of amides is 1. The molecule has 0 saturated carbocycles. The van der Waals surface area contributed by atoms with E-state index in [2.05, 4.69) is 25.4 Å². The number of carbonyl (C=O) groups is 1. The third-order valence-corrected chi connectivity index (χ3v) is 5.70. The minimum Gasteiger partial charge on any atom is -0.364 e. The van der Waals surface area contributed by atoms with Crippen LogP contribution in [0, 0.1) is 6.92 Å². The molecule has 12 heteroatoms. The number of hydrogen-bond acceptors (Lipinski definition) is 6. The molecule has 0 radical (unpaired) electrons. The molecule has 0 spiro atoms. The Kier molecular flexibility index (Phi) is 5.78. The number of carbonyl (C=O) groups excluding carboxylic acids is 1. The molecule has 1 N–H and O–H groups in total. The van der Waals surface area contributed by atoms with Crippen molar-refractivity contribution in [1.29, 1.82) is 0 Å². The van der Waals surface area contributed by atoms with E-state index < -0.39 is 12.7 Å². The summed E-state index contributed by atoms with van der Waals surface area (Å²) in [5, 5.41) is 7.51. The molecule has 0 bridgehead atoms. The van der Waals surface area contributed by atoms with Crippen LogP contribution in [0.3, 0.4) is 0 Å². The summed E-state index contributed by atoms with van der Waals surface area (Å²) < 4.78 is 43.1. The van der Waals surface area contributed by atoms with Crippen molar-refractivity contribution in [2.75, 3.05) is 18.4 Å². The zero-order chi connectivity index (χ0) is 23.0. The van der Waals surface area contributed by atoms with Gasteiger partial charge >= 0.3 is 6.18 Å². The summed E-state index contributed by atoms with van der Waals surface area (Å²) in [5.41, 5.74) is 1.59. The van der Waals surface area contributed by atoms with Crippen LogP contribution >= 0.6 is 0 Å². The van der Waals surface area contributed by atoms with Gasteiger partial charge in [0.25, 0.3) is 0 Å². The molecule has 0 unspecified atom stereocenters. The summed E-state index contributed by atoms with van der Waals surface area (Å²) in [4.78, 5) is 26.6. The molecular formula is C20H25F3N8O. The molecule has 0 aromatic carbocycles. The van der Waals surface area contributed by atoms with Gasteiger partial charge in [0.2, 0.25) is 5.91 Å². The van der Waals surface area contributed by atoms with Crippen LogP contribution in [-0.2, 0) is 17.9 Å². The summed E-state index contributed by atoms with van der Waals surface area (Å²) >= 11 is 0. The van der Waals surface area contributed by atoms with Crippen molar-refractivity contribution in [2.45, 2.75) is 58.9 Å². The number of nitrogens with zero attached hydrogens (tertiary/aromatic N) is 7. The first kappa shape index (κ1) is 22.0. The maximum absolute atomic E-state index is 13.4. The summed E-state index contributed by atoms with van der Waals surface area (Å²) in [5.74, 6) is 0.572. The highest BCUT2D eigenvalue weighted by molar-refractivity contribution is 5.87. The van der Waals surface area contributed by atoms with E-state index in [1.807, 2.05) is 13.8 Å². The molecule has 1 aliphatic heterocycles. The van der Waals surface area contributed by atoms with Gasteiger partial charge in [-0.15, -0.1) is 0 Å². The molecular weight excluding hydrogens is 425 g/mol. The van der Waals surface area contributed by atoms with E-state index in [9.17, 15) is 18.0 Å². The van der Waals surface area contributed by atoms with Gasteiger partial charge in [0.15, 0.2) is 17.0 Å². The maximum Gasteiger partial charge on any atom is 0.406 e. The first-order valence-electron chi connectivity index (χ1n) is 10.6. The lowest BCUT2D eigenvalue weighted by Gasteiger charge is -2.16. The summed E-state index contributed by atoms with van der Waals surface area (Å²) in [6.07, 6.45) is -0.549. The number of likely N-dealkylation sites (tertiary alicyclic amines) is 1. The average molecular weight is 450 g/mol. The highest BCUT2D eigenvalue weighted by atomic mass is 19.4. The molecule has 3 aromatic heterocycles. The number of aryl methyl sites for hydroxylation is 1. The quantitative estimate of drug-likeness (QED) is 0.621. The number of imidazole rings is 1. The molecule has 0 aliphatic carbocycles. The van der Waals surface area contributed by atoms with Crippen LogP contribution in [0.1, 0.15) is 32.4 Å². The standard InChI is InChI=1S/C20H25F3N8O/c1-4-15(32)29-7-6-13(9-29)27-17-16-19(25-11-24-17)30(10-20(21,22)23)18(28-16)14-8-26-31(5-2)12(14)3/h8,11,13H,4-7,9-10H2,1-3H3,(H,24,25,27)/t13-/m0/s1. The van der Waals surface area contributed by atoms with Gasteiger partial charge in [-0.2, -0.15) is 18.3 Å². The molecule has 1 amide bonds. The van der Waals surface area contributed by atoms with Crippen LogP contribution in [-0.4, -0.2) is 65.4 Å². The highest BCUT2D eigenvalue weighted by Gasteiger charge is 2.33. The van der Waals surface area contributed by atoms with E-state index in [4.69, 9.17) is 0 Å². The van der Waals surface area contributed by atoms with Crippen LogP contribution in [0.2, 0.25) is 0 Å². The van der Waals surface area contributed by atoms with Crippen molar-refractivity contribution >= 4 is 22.9 Å². The lowest BCUT2D eigenvalue weighted by Crippen LogP contribution is -2.31. The fourth-order valence-corrected chi connectivity index (χ4v) is 4.08. The molecule has 1 fully saturated rings. The van der Waals surface area contributed by atoms with E-state index >= 15 is 0 Å². The fraction of sp³-hybridized carbons (Fsp3) is 0.550. The minimum absolute atomic E-state index is 0.0654. The van der Waals surface area contributed by atoms with E-state index in [1.54, 1.807) is 16.5 Å². The number of nitrogens with one attached hydrogen (secondary N) is 1. The molecule has 172 valence electrons. The molecule has 9 nitrogen and oxygen atoms in total. The van der Waals surface area contributed by atoms with Crippen molar-refractivity contribution in [3.05, 3.63) is 18.2 Å². The van der Waals surface area contributed by atoms with E-state index in [1.165, 1.54) is 12.5 Å². The predicted octanol–water partition coefficient (Wildman–Crippen LogP) is 3.00. The second-order valence-corrected chi connectivity index (χ2v) is 7.81. The topological polar surface area (TPSA) is 93.8 Å². The zero-order valence-electron chi connectivity index (χ0n) is 18.1. The molecule has 4 heterocycles. The summed E-state index contributed by atoms with van der Waals surface area (Å²) in [7, 11) is 0. The van der Waals surface area contributed by atoms with Crippen LogP contribution in [0.4, 0.5) is 19.0 Å². The Morgan fingerprint density at radius 3 is 2.72 bits per heavy atom. The van der Waals surface area contributed by atoms with Crippen molar-refractivity contribution < 1.29 is 18.0 Å². The number of rotatable bonds is 6. The second kappa shape index (κ2) is 8.40. The van der Waals surface area contributed by atoms with Crippen molar-refractivity contribution in [1.82, 2.24) is 34.2 Å². The van der Waals surface area contributed by atoms with Gasteiger partial charge in [-0.1, -0.05) is 6.92 Å². The van der Waals surface area contributed by atoms with Crippen molar-refractivity contribution in [3.63, 3.8) is 0 Å². The fourth-order valence-electron chi connectivity index (χ4n) is 4.08. The number of alkyl halides is 3. The number of anilines is 1. The van der Waals surface area contributed by atoms with E-state index in [0.717, 1.165) is 16.7 Å². The third kappa shape index (κ3) is 4.13. The van der Waals surface area contributed by atoms with E-state index in [-0.39, 0.29) is 28.9 Å². The van der Waals surface area contributed by atoms with Crippen LogP contribution in [0.25, 0.3) is 22.6 Å². The number of halogens is 3. The Hall–Kier alpha value is -3.18. The van der Waals surface area contributed by atoms with Gasteiger partial charge in [-0.25, -0.2) is 15.0 Å². The van der Waals surface area contributed by atoms with Crippen LogP contribution < -0.4 is 5.32 Å². The molecule has 1 atom stereocenters. The number of hydrogen-bond donors (Lipinski definition) is 1. The maximum atomic E-state index is 13.4. The highest BCUT2D eigenvalue weighted by Crippen LogP contribution is 2.32. The predicted molar refractivity (Wildman–Crippen MR) is 112 cm³/mol. The summed E-state index contributed by atoms with van der Waals surface area (Å²) in [6, 6.07) is -0.0654. The van der Waals surface area contributed by atoms with Crippen LogP contribution in [0.5, 0.6) is 0 Å². The van der Waals surface area contributed by atoms with Crippen LogP contribution in [0.15, 0.2) is 12.5 Å². The molecule has 4 rings (SSSR count). The minimum atomic E-state index is -4.46. The van der Waals surface area contributed by atoms with Crippen molar-refractivity contribution in [3.8, 4) is 11.4 Å². The summed E-state index contributed by atoms with van der Waals surface area (Å²) in [6.45, 7) is 6.02. The number of aromatic nitrogens is 6. The normalized spacial score (nSPS) is 16.8. The Balaban J connectivity index is 1.75. The third-order valence-electron chi connectivity index (χ3n) is 5.70. The van der Waals surface area contributed by atoms with Gasteiger partial charge in [-0.05, 0) is 20.3 Å². The molecule has 3 aromatic rings. The second-order valence-electron chi connectivity index (χ2n) is 7.81. The lowest BCUT2D eigenvalue weighted by molar-refractivity contribution is -0.139. The Morgan fingerprint density at radius 1 is 1.28 bits per heavy atom. The first-order valence-corrected chi connectivity index (χ1v) is 10.6. The van der Waals surface area contributed by atoms with Gasteiger partial charge in [-0.3, -0.25) is 14.0 Å². The van der Waals surface area contributed by atoms with Gasteiger partial charge in [0.05, 0.1) is 11.8 Å². The molecule has 1 aliphatic rings. The monoisotopic (exact) mass is 450 g/mol. The van der Waals surface area contributed by atoms with Gasteiger partial charge < -0.3 is 10.2 Å². The zero-order valence-corrected chi connectivity index (χ0v) is 18.1. The Morgan fingerprint density at radius 2 is 2.06 bits per heavy atom. The van der Waals surface area contributed by atoms with E-state index in [0.29, 0.717) is 37.4 Å².